The molecule has 0 unspecified atom stereocenters. The molecule has 140 valence electrons. The third kappa shape index (κ3) is 3.42. The normalized spacial score (nSPS) is 21.9. The van der Waals surface area contributed by atoms with Crippen molar-refractivity contribution >= 4 is 11.8 Å². The van der Waals surface area contributed by atoms with Crippen LogP contribution >= 0.6 is 0 Å². The molecule has 2 heterocycles. The molecule has 0 bridgehead atoms. The lowest BCUT2D eigenvalue weighted by molar-refractivity contribution is -0.141. The first-order chi connectivity index (χ1) is 13.0. The van der Waals surface area contributed by atoms with E-state index >= 15 is 0 Å². The molecule has 0 N–H and O–H groups in total. The van der Waals surface area contributed by atoms with Gasteiger partial charge < -0.3 is 14.5 Å². The maximum absolute atomic E-state index is 13.0. The molecule has 0 aromatic heterocycles. The zero-order chi connectivity index (χ0) is 19.0. The highest BCUT2D eigenvalue weighted by atomic mass is 16.5. The molecule has 0 spiro atoms. The van der Waals surface area contributed by atoms with Gasteiger partial charge in [0.05, 0.1) is 0 Å². The number of hydrogen-bond acceptors (Lipinski definition) is 3. The monoisotopic (exact) mass is 364 g/mol. The van der Waals surface area contributed by atoms with Crippen LogP contribution in [0.5, 0.6) is 11.5 Å². The summed E-state index contributed by atoms with van der Waals surface area (Å²) < 4.78 is 5.85. The molecular weight excluding hydrogens is 340 g/mol. The number of carbonyl (C=O) groups is 2. The number of hydrogen-bond donors (Lipinski definition) is 0. The van der Waals surface area contributed by atoms with E-state index in [0.717, 1.165) is 30.7 Å². The lowest BCUT2D eigenvalue weighted by atomic mass is 10.1. The summed E-state index contributed by atoms with van der Waals surface area (Å²) in [6, 6.07) is 14.7. The number of piperazine rings is 1. The molecule has 2 aromatic rings. The molecule has 2 aliphatic rings. The number of ether oxygens (including phenoxy) is 1. The van der Waals surface area contributed by atoms with Crippen molar-refractivity contribution in [1.82, 2.24) is 9.80 Å². The van der Waals surface area contributed by atoms with Crippen LogP contribution in [-0.2, 0) is 4.79 Å². The molecule has 2 aliphatic heterocycles. The average molecular weight is 364 g/mol. The predicted molar refractivity (Wildman–Crippen MR) is 103 cm³/mol. The van der Waals surface area contributed by atoms with Gasteiger partial charge in [0.1, 0.15) is 17.5 Å². The van der Waals surface area contributed by atoms with Gasteiger partial charge in [-0.25, -0.2) is 0 Å². The SMILES string of the molecule is Cc1cccc(Oc2ccc(C(=O)N3C[C@@H]4CCCN4C(=O)[C@@H]3C)cc2)c1. The van der Waals surface area contributed by atoms with Crippen LogP contribution in [0, 0.1) is 6.92 Å². The first-order valence-electron chi connectivity index (χ1n) is 9.49. The molecule has 4 rings (SSSR count). The molecule has 2 amide bonds. The standard InChI is InChI=1S/C22H24N2O3/c1-15-5-3-7-20(13-15)27-19-10-8-17(9-11-19)22(26)24-14-18-6-4-12-23(18)21(25)16(24)2/h3,5,7-11,13,16,18H,4,6,12,14H2,1-2H3/t16-,18-/m0/s1. The van der Waals surface area contributed by atoms with E-state index in [1.54, 1.807) is 29.2 Å². The van der Waals surface area contributed by atoms with E-state index in [1.165, 1.54) is 0 Å². The summed E-state index contributed by atoms with van der Waals surface area (Å²) >= 11 is 0. The van der Waals surface area contributed by atoms with Gasteiger partial charge in [0.2, 0.25) is 5.91 Å². The maximum atomic E-state index is 13.0. The summed E-state index contributed by atoms with van der Waals surface area (Å²) in [7, 11) is 0. The van der Waals surface area contributed by atoms with Crippen molar-refractivity contribution in [2.24, 2.45) is 0 Å². The molecular formula is C22H24N2O3. The van der Waals surface area contributed by atoms with Crippen molar-refractivity contribution in [3.05, 3.63) is 59.7 Å². The van der Waals surface area contributed by atoms with Gasteiger partial charge in [-0.05, 0) is 68.7 Å². The Morgan fingerprint density at radius 3 is 2.63 bits per heavy atom. The second-order valence-electron chi connectivity index (χ2n) is 7.40. The average Bonchev–Trinajstić information content (AvgIpc) is 3.14. The van der Waals surface area contributed by atoms with Gasteiger partial charge in [-0.15, -0.1) is 0 Å². The van der Waals surface area contributed by atoms with Gasteiger partial charge in [-0.2, -0.15) is 0 Å². The van der Waals surface area contributed by atoms with E-state index in [2.05, 4.69) is 0 Å². The predicted octanol–water partition coefficient (Wildman–Crippen LogP) is 3.62. The number of nitrogens with zero attached hydrogens (tertiary/aromatic N) is 2. The molecule has 2 fully saturated rings. The minimum Gasteiger partial charge on any atom is -0.457 e. The number of aryl methyl sites for hydroxylation is 1. The van der Waals surface area contributed by atoms with E-state index in [-0.39, 0.29) is 17.9 Å². The highest BCUT2D eigenvalue weighted by Gasteiger charge is 2.42. The zero-order valence-corrected chi connectivity index (χ0v) is 15.7. The summed E-state index contributed by atoms with van der Waals surface area (Å²) in [5.41, 5.74) is 1.71. The molecule has 0 aliphatic carbocycles. The van der Waals surface area contributed by atoms with E-state index in [0.29, 0.717) is 17.9 Å². The second-order valence-corrected chi connectivity index (χ2v) is 7.40. The Bertz CT molecular complexity index is 862. The lowest BCUT2D eigenvalue weighted by Gasteiger charge is -2.41. The van der Waals surface area contributed by atoms with Crippen molar-refractivity contribution in [3.8, 4) is 11.5 Å². The third-order valence-electron chi connectivity index (χ3n) is 5.48. The van der Waals surface area contributed by atoms with Crippen LogP contribution in [0.25, 0.3) is 0 Å². The highest BCUT2D eigenvalue weighted by molar-refractivity contribution is 5.98. The number of fused-ring (bicyclic) bond motifs is 1. The quantitative estimate of drug-likeness (QED) is 0.836. The molecule has 5 heteroatoms. The first kappa shape index (κ1) is 17.6. The molecule has 2 saturated heterocycles. The van der Waals surface area contributed by atoms with E-state index < -0.39 is 6.04 Å². The molecule has 27 heavy (non-hydrogen) atoms. The molecule has 0 radical (unpaired) electrons. The van der Waals surface area contributed by atoms with Crippen LogP contribution < -0.4 is 4.74 Å². The van der Waals surface area contributed by atoms with Gasteiger partial charge >= 0.3 is 0 Å². The summed E-state index contributed by atoms with van der Waals surface area (Å²) in [5.74, 6) is 1.42. The fourth-order valence-corrected chi connectivity index (χ4v) is 3.98. The fourth-order valence-electron chi connectivity index (χ4n) is 3.98. The summed E-state index contributed by atoms with van der Waals surface area (Å²) in [4.78, 5) is 29.2. The Morgan fingerprint density at radius 1 is 1.11 bits per heavy atom. The first-order valence-corrected chi connectivity index (χ1v) is 9.49. The fraction of sp³-hybridized carbons (Fsp3) is 0.364. The Morgan fingerprint density at radius 2 is 1.89 bits per heavy atom. The Hall–Kier alpha value is -2.82. The van der Waals surface area contributed by atoms with Crippen molar-refractivity contribution in [1.29, 1.82) is 0 Å². The van der Waals surface area contributed by atoms with Gasteiger partial charge in [0.15, 0.2) is 0 Å². The summed E-state index contributed by atoms with van der Waals surface area (Å²) in [5, 5.41) is 0. The smallest absolute Gasteiger partial charge is 0.254 e. The number of carbonyl (C=O) groups excluding carboxylic acids is 2. The summed E-state index contributed by atoms with van der Waals surface area (Å²) in [6.07, 6.45) is 2.00. The topological polar surface area (TPSA) is 49.9 Å². The third-order valence-corrected chi connectivity index (χ3v) is 5.48. The molecule has 5 nitrogen and oxygen atoms in total. The van der Waals surface area contributed by atoms with E-state index in [9.17, 15) is 9.59 Å². The van der Waals surface area contributed by atoms with Crippen LogP contribution in [-0.4, -0.2) is 46.8 Å². The highest BCUT2D eigenvalue weighted by Crippen LogP contribution is 2.28. The van der Waals surface area contributed by atoms with Crippen LogP contribution in [0.2, 0.25) is 0 Å². The number of rotatable bonds is 3. The van der Waals surface area contributed by atoms with Crippen molar-refractivity contribution < 1.29 is 14.3 Å². The summed E-state index contributed by atoms with van der Waals surface area (Å²) in [6.45, 7) is 5.28. The van der Waals surface area contributed by atoms with Crippen molar-refractivity contribution in [2.75, 3.05) is 13.1 Å². The van der Waals surface area contributed by atoms with E-state index in [4.69, 9.17) is 4.74 Å². The zero-order valence-electron chi connectivity index (χ0n) is 15.7. The van der Waals surface area contributed by atoms with Crippen molar-refractivity contribution in [3.63, 3.8) is 0 Å². The Balaban J connectivity index is 1.48. The van der Waals surface area contributed by atoms with Crippen LogP contribution in [0.15, 0.2) is 48.5 Å². The van der Waals surface area contributed by atoms with E-state index in [1.807, 2.05) is 43.0 Å². The van der Waals surface area contributed by atoms with Gasteiger partial charge in [0.25, 0.3) is 5.91 Å². The van der Waals surface area contributed by atoms with Crippen LogP contribution in [0.3, 0.4) is 0 Å². The van der Waals surface area contributed by atoms with Crippen molar-refractivity contribution in [2.45, 2.75) is 38.8 Å². The largest absolute Gasteiger partial charge is 0.457 e. The van der Waals surface area contributed by atoms with Crippen LogP contribution in [0.4, 0.5) is 0 Å². The molecule has 2 atom stereocenters. The lowest BCUT2D eigenvalue weighted by Crippen LogP contribution is -2.60. The molecule has 2 aromatic carbocycles. The van der Waals surface area contributed by atoms with Crippen LogP contribution in [0.1, 0.15) is 35.7 Å². The second kappa shape index (κ2) is 7.06. The Kier molecular flexibility index (Phi) is 4.60. The van der Waals surface area contributed by atoms with Gasteiger partial charge in [-0.3, -0.25) is 9.59 Å². The van der Waals surface area contributed by atoms with Gasteiger partial charge in [0, 0.05) is 24.7 Å². The minimum absolute atomic E-state index is 0.0662. The maximum Gasteiger partial charge on any atom is 0.254 e. The van der Waals surface area contributed by atoms with Gasteiger partial charge in [-0.1, -0.05) is 12.1 Å². The number of benzene rings is 2. The minimum atomic E-state index is -0.407. The number of amides is 2. The Labute approximate surface area is 159 Å². The molecule has 0 saturated carbocycles.